The highest BCUT2D eigenvalue weighted by atomic mass is 19.1. The lowest BCUT2D eigenvalue weighted by atomic mass is 9.92. The van der Waals surface area contributed by atoms with Crippen molar-refractivity contribution < 1.29 is 9.13 Å². The van der Waals surface area contributed by atoms with Crippen LogP contribution in [0.25, 0.3) is 0 Å². The molecular weight excluding hydrogens is 279 g/mol. The largest absolute Gasteiger partial charge is 0.458 e. The molecule has 1 aromatic carbocycles. The van der Waals surface area contributed by atoms with E-state index in [2.05, 4.69) is 18.0 Å². The molecule has 2 aliphatic rings. The molecule has 0 radical (unpaired) electrons. The van der Waals surface area contributed by atoms with Gasteiger partial charge < -0.3 is 10.5 Å². The minimum Gasteiger partial charge on any atom is -0.458 e. The first-order chi connectivity index (χ1) is 10.6. The monoisotopic (exact) mass is 298 g/mol. The number of halogens is 1. The molecule has 0 fully saturated rings. The van der Waals surface area contributed by atoms with Gasteiger partial charge in [0.05, 0.1) is 6.04 Å². The molecular formula is C18H19FN2O. The zero-order valence-corrected chi connectivity index (χ0v) is 12.5. The Morgan fingerprint density at radius 3 is 2.68 bits per heavy atom. The summed E-state index contributed by atoms with van der Waals surface area (Å²) in [6.07, 6.45) is 9.68. The third-order valence-electron chi connectivity index (χ3n) is 3.73. The second-order valence-electron chi connectivity index (χ2n) is 5.69. The molecule has 0 amide bonds. The van der Waals surface area contributed by atoms with Crippen LogP contribution in [0.5, 0.6) is 5.75 Å². The second-order valence-corrected chi connectivity index (χ2v) is 5.69. The summed E-state index contributed by atoms with van der Waals surface area (Å²) in [4.78, 5) is 4.67. The molecule has 0 aromatic heterocycles. The van der Waals surface area contributed by atoms with Crippen molar-refractivity contribution in [3.63, 3.8) is 0 Å². The molecule has 3 nitrogen and oxygen atoms in total. The zero-order chi connectivity index (χ0) is 15.5. The molecule has 0 saturated heterocycles. The lowest BCUT2D eigenvalue weighted by molar-refractivity contribution is 0.436. The van der Waals surface area contributed by atoms with Gasteiger partial charge in [-0.05, 0) is 55.8 Å². The molecule has 1 aliphatic heterocycles. The van der Waals surface area contributed by atoms with Crippen molar-refractivity contribution in [3.8, 4) is 5.75 Å². The molecule has 1 heterocycles. The maximum atomic E-state index is 12.9. The predicted octanol–water partition coefficient (Wildman–Crippen LogP) is 3.74. The van der Waals surface area contributed by atoms with E-state index in [-0.39, 0.29) is 17.8 Å². The van der Waals surface area contributed by atoms with E-state index in [0.717, 1.165) is 30.0 Å². The molecule has 3 rings (SSSR count). The maximum absolute atomic E-state index is 12.9. The van der Waals surface area contributed by atoms with Crippen LogP contribution in [0.15, 0.2) is 65.0 Å². The van der Waals surface area contributed by atoms with Crippen LogP contribution in [0.1, 0.15) is 19.8 Å². The Hall–Kier alpha value is -2.36. The number of rotatable bonds is 3. The highest BCUT2D eigenvalue weighted by Crippen LogP contribution is 2.24. The first-order valence-electron chi connectivity index (χ1n) is 7.45. The summed E-state index contributed by atoms with van der Waals surface area (Å²) in [5.41, 5.74) is 7.87. The lowest BCUT2D eigenvalue weighted by Crippen LogP contribution is -2.22. The van der Waals surface area contributed by atoms with E-state index in [0.29, 0.717) is 5.75 Å². The summed E-state index contributed by atoms with van der Waals surface area (Å²) in [7, 11) is 0. The number of dihydropyridines is 1. The Morgan fingerprint density at radius 1 is 1.27 bits per heavy atom. The SMILES string of the molecule is CC1CC(N)=CC(C2C=CC(Oc3ccc(F)cc3)=CC2)=N1. The minimum absolute atomic E-state index is 0.238. The number of allylic oxidation sites excluding steroid dienone is 4. The Labute approximate surface area is 129 Å². The van der Waals surface area contributed by atoms with Crippen molar-refractivity contribution >= 4 is 5.71 Å². The van der Waals surface area contributed by atoms with Gasteiger partial charge in [-0.1, -0.05) is 6.08 Å². The van der Waals surface area contributed by atoms with Crippen LogP contribution in [0, 0.1) is 11.7 Å². The molecule has 4 heteroatoms. The lowest BCUT2D eigenvalue weighted by Gasteiger charge is -2.22. The first-order valence-corrected chi connectivity index (χ1v) is 7.45. The molecule has 2 N–H and O–H groups in total. The Bertz CT molecular complexity index is 671. The summed E-state index contributed by atoms with van der Waals surface area (Å²) in [5.74, 6) is 1.36. The van der Waals surface area contributed by atoms with Crippen LogP contribution in [-0.4, -0.2) is 11.8 Å². The van der Waals surface area contributed by atoms with E-state index in [1.165, 1.54) is 12.1 Å². The highest BCUT2D eigenvalue weighted by molar-refractivity contribution is 5.99. The minimum atomic E-state index is -0.269. The van der Waals surface area contributed by atoms with Crippen molar-refractivity contribution in [2.45, 2.75) is 25.8 Å². The van der Waals surface area contributed by atoms with Crippen LogP contribution in [-0.2, 0) is 0 Å². The third kappa shape index (κ3) is 3.45. The fourth-order valence-electron chi connectivity index (χ4n) is 2.66. The van der Waals surface area contributed by atoms with Gasteiger partial charge in [-0.3, -0.25) is 4.99 Å². The predicted molar refractivity (Wildman–Crippen MR) is 86.1 cm³/mol. The molecule has 0 bridgehead atoms. The van der Waals surface area contributed by atoms with Gasteiger partial charge in [0.1, 0.15) is 17.3 Å². The van der Waals surface area contributed by atoms with E-state index in [1.54, 1.807) is 12.1 Å². The second kappa shape index (κ2) is 6.18. The van der Waals surface area contributed by atoms with E-state index in [9.17, 15) is 4.39 Å². The standard InChI is InChI=1S/C18H19FN2O/c1-12-10-15(20)11-18(21-12)13-2-6-16(7-3-13)22-17-8-4-14(19)5-9-17/h2,4-9,11-13H,3,10,20H2,1H3. The smallest absolute Gasteiger partial charge is 0.127 e. The summed E-state index contributed by atoms with van der Waals surface area (Å²) >= 11 is 0. The summed E-state index contributed by atoms with van der Waals surface area (Å²) in [5, 5.41) is 0. The van der Waals surface area contributed by atoms with Crippen molar-refractivity contribution in [3.05, 3.63) is 65.8 Å². The van der Waals surface area contributed by atoms with Gasteiger partial charge in [0.25, 0.3) is 0 Å². The van der Waals surface area contributed by atoms with Crippen LogP contribution in [0.2, 0.25) is 0 Å². The third-order valence-corrected chi connectivity index (χ3v) is 3.73. The van der Waals surface area contributed by atoms with Gasteiger partial charge in [0.2, 0.25) is 0 Å². The topological polar surface area (TPSA) is 47.6 Å². The fraction of sp³-hybridized carbons (Fsp3) is 0.278. The van der Waals surface area contributed by atoms with E-state index in [1.807, 2.05) is 18.2 Å². The zero-order valence-electron chi connectivity index (χ0n) is 12.5. The normalized spacial score (nSPS) is 24.4. The molecule has 1 aliphatic carbocycles. The average molecular weight is 298 g/mol. The average Bonchev–Trinajstić information content (AvgIpc) is 2.49. The Balaban J connectivity index is 1.65. The van der Waals surface area contributed by atoms with Gasteiger partial charge >= 0.3 is 0 Å². The molecule has 0 spiro atoms. The van der Waals surface area contributed by atoms with Crippen LogP contribution in [0.3, 0.4) is 0 Å². The van der Waals surface area contributed by atoms with E-state index < -0.39 is 0 Å². The molecule has 2 atom stereocenters. The van der Waals surface area contributed by atoms with Crippen molar-refractivity contribution in [1.29, 1.82) is 0 Å². The van der Waals surface area contributed by atoms with Gasteiger partial charge in [0, 0.05) is 23.7 Å². The van der Waals surface area contributed by atoms with E-state index in [4.69, 9.17) is 10.5 Å². The highest BCUT2D eigenvalue weighted by Gasteiger charge is 2.19. The number of nitrogens with zero attached hydrogens (tertiary/aromatic N) is 1. The molecule has 22 heavy (non-hydrogen) atoms. The summed E-state index contributed by atoms with van der Waals surface area (Å²) in [6, 6.07) is 6.25. The summed E-state index contributed by atoms with van der Waals surface area (Å²) < 4.78 is 18.6. The number of nitrogens with two attached hydrogens (primary N) is 1. The van der Waals surface area contributed by atoms with Crippen molar-refractivity contribution in [1.82, 2.24) is 0 Å². The number of hydrogen-bond acceptors (Lipinski definition) is 3. The van der Waals surface area contributed by atoms with Gasteiger partial charge in [0.15, 0.2) is 0 Å². The molecule has 1 aromatic rings. The van der Waals surface area contributed by atoms with E-state index >= 15 is 0 Å². The number of hydrogen-bond donors (Lipinski definition) is 1. The quantitative estimate of drug-likeness (QED) is 0.924. The van der Waals surface area contributed by atoms with Crippen LogP contribution < -0.4 is 10.5 Å². The first kappa shape index (κ1) is 14.6. The van der Waals surface area contributed by atoms with Crippen LogP contribution >= 0.6 is 0 Å². The van der Waals surface area contributed by atoms with Gasteiger partial charge in [-0.2, -0.15) is 0 Å². The molecule has 2 unspecified atom stereocenters. The van der Waals surface area contributed by atoms with Crippen molar-refractivity contribution in [2.75, 3.05) is 0 Å². The van der Waals surface area contributed by atoms with Gasteiger partial charge in [-0.25, -0.2) is 4.39 Å². The van der Waals surface area contributed by atoms with Crippen molar-refractivity contribution in [2.24, 2.45) is 16.6 Å². The number of benzene rings is 1. The molecule has 0 saturated carbocycles. The van der Waals surface area contributed by atoms with Gasteiger partial charge in [-0.15, -0.1) is 0 Å². The molecule has 114 valence electrons. The number of ether oxygens (including phenoxy) is 1. The maximum Gasteiger partial charge on any atom is 0.127 e. The number of aliphatic imine (C=N–C) groups is 1. The fourth-order valence-corrected chi connectivity index (χ4v) is 2.66. The Kier molecular flexibility index (Phi) is 4.09. The summed E-state index contributed by atoms with van der Waals surface area (Å²) in [6.45, 7) is 2.07. The Morgan fingerprint density at radius 2 is 2.05 bits per heavy atom. The van der Waals surface area contributed by atoms with Crippen LogP contribution in [0.4, 0.5) is 4.39 Å².